The number of alkyl halides is 1. The van der Waals surface area contributed by atoms with Crippen molar-refractivity contribution < 1.29 is 4.39 Å². The van der Waals surface area contributed by atoms with Crippen LogP contribution in [0, 0.1) is 17.3 Å². The van der Waals surface area contributed by atoms with Crippen LogP contribution < -0.4 is 5.32 Å². The summed E-state index contributed by atoms with van der Waals surface area (Å²) in [7, 11) is 0. The van der Waals surface area contributed by atoms with Crippen LogP contribution in [0.5, 0.6) is 0 Å². The topological polar surface area (TPSA) is 15.3 Å². The second-order valence-electron chi connectivity index (χ2n) is 7.77. The van der Waals surface area contributed by atoms with E-state index in [4.69, 9.17) is 0 Å². The van der Waals surface area contributed by atoms with Crippen LogP contribution in [-0.2, 0) is 0 Å². The van der Waals surface area contributed by atoms with Gasteiger partial charge in [0.2, 0.25) is 0 Å². The highest BCUT2D eigenvalue weighted by Crippen LogP contribution is 2.38. The predicted octanol–water partition coefficient (Wildman–Crippen LogP) is 3.08. The van der Waals surface area contributed by atoms with Crippen LogP contribution in [0.4, 0.5) is 4.39 Å². The Bertz CT molecular complexity index is 268. The minimum Gasteiger partial charge on any atom is -0.314 e. The molecule has 19 heavy (non-hydrogen) atoms. The fourth-order valence-corrected chi connectivity index (χ4v) is 3.74. The maximum atomic E-state index is 14.4. The Morgan fingerprint density at radius 2 is 1.84 bits per heavy atom. The fourth-order valence-electron chi connectivity index (χ4n) is 3.74. The molecule has 0 aromatic carbocycles. The van der Waals surface area contributed by atoms with Crippen LogP contribution in [0.25, 0.3) is 0 Å². The molecule has 0 radical (unpaired) electrons. The molecule has 112 valence electrons. The van der Waals surface area contributed by atoms with E-state index in [9.17, 15) is 4.39 Å². The van der Waals surface area contributed by atoms with E-state index in [1.807, 2.05) is 0 Å². The van der Waals surface area contributed by atoms with E-state index in [1.54, 1.807) is 0 Å². The summed E-state index contributed by atoms with van der Waals surface area (Å²) in [5.41, 5.74) is 0.343. The Morgan fingerprint density at radius 1 is 1.16 bits per heavy atom. The van der Waals surface area contributed by atoms with Crippen molar-refractivity contribution in [2.24, 2.45) is 17.3 Å². The fraction of sp³-hybridized carbons (Fsp3) is 1.00. The lowest BCUT2D eigenvalue weighted by molar-refractivity contribution is 0.0722. The summed E-state index contributed by atoms with van der Waals surface area (Å²) in [4.78, 5) is 2.44. The van der Waals surface area contributed by atoms with E-state index in [-0.39, 0.29) is 5.92 Å². The molecule has 1 unspecified atom stereocenters. The number of hydrogen-bond acceptors (Lipinski definition) is 2. The van der Waals surface area contributed by atoms with Gasteiger partial charge in [-0.1, -0.05) is 20.8 Å². The molecule has 1 saturated carbocycles. The summed E-state index contributed by atoms with van der Waals surface area (Å²) >= 11 is 0. The van der Waals surface area contributed by atoms with Gasteiger partial charge in [-0.3, -0.25) is 0 Å². The maximum absolute atomic E-state index is 14.4. The zero-order valence-electron chi connectivity index (χ0n) is 12.9. The van der Waals surface area contributed by atoms with Gasteiger partial charge in [0.25, 0.3) is 0 Å². The average molecular weight is 270 g/mol. The molecular weight excluding hydrogens is 239 g/mol. The molecule has 3 heteroatoms. The molecular formula is C16H31FN2. The van der Waals surface area contributed by atoms with E-state index in [0.29, 0.717) is 11.3 Å². The second-order valence-corrected chi connectivity index (χ2v) is 7.77. The van der Waals surface area contributed by atoms with Crippen molar-refractivity contribution in [2.75, 3.05) is 32.7 Å². The first-order chi connectivity index (χ1) is 8.94. The lowest BCUT2D eigenvalue weighted by Gasteiger charge is -2.38. The third-order valence-corrected chi connectivity index (χ3v) is 4.62. The molecule has 2 aliphatic rings. The molecule has 2 fully saturated rings. The minimum atomic E-state index is -0.573. The zero-order chi connectivity index (χ0) is 13.9. The highest BCUT2D eigenvalue weighted by Gasteiger charge is 2.33. The molecule has 0 bridgehead atoms. The first kappa shape index (κ1) is 15.2. The van der Waals surface area contributed by atoms with Crippen LogP contribution in [-0.4, -0.2) is 43.8 Å². The minimum absolute atomic E-state index is 0.286. The van der Waals surface area contributed by atoms with Gasteiger partial charge >= 0.3 is 0 Å². The largest absolute Gasteiger partial charge is 0.314 e. The summed E-state index contributed by atoms with van der Waals surface area (Å²) in [5.74, 6) is 0.892. The Morgan fingerprint density at radius 3 is 2.42 bits per heavy atom. The standard InChI is InChI=1S/C16H31FN2/c1-16(2,3)11-13-4-5-14(15(17)10-13)12-19-8-6-18-7-9-19/h13-15,18H,4-12H2,1-3H3/t13?,14-,15-/m0/s1. The van der Waals surface area contributed by atoms with Crippen LogP contribution in [0.3, 0.4) is 0 Å². The highest BCUT2D eigenvalue weighted by atomic mass is 19.1. The van der Waals surface area contributed by atoms with Gasteiger partial charge in [-0.25, -0.2) is 4.39 Å². The lowest BCUT2D eigenvalue weighted by atomic mass is 9.73. The van der Waals surface area contributed by atoms with Crippen LogP contribution >= 0.6 is 0 Å². The van der Waals surface area contributed by atoms with Gasteiger partial charge in [0.05, 0.1) is 0 Å². The summed E-state index contributed by atoms with van der Waals surface area (Å²) in [5, 5.41) is 3.36. The van der Waals surface area contributed by atoms with Crippen molar-refractivity contribution >= 4 is 0 Å². The van der Waals surface area contributed by atoms with Crippen LogP contribution in [0.1, 0.15) is 46.5 Å². The average Bonchev–Trinajstić information content (AvgIpc) is 2.32. The number of nitrogens with zero attached hydrogens (tertiary/aromatic N) is 1. The third kappa shape index (κ3) is 5.03. The van der Waals surface area contributed by atoms with Crippen molar-refractivity contribution in [2.45, 2.75) is 52.6 Å². The number of hydrogen-bond donors (Lipinski definition) is 1. The lowest BCUT2D eigenvalue weighted by Crippen LogP contribution is -2.47. The Balaban J connectivity index is 1.76. The molecule has 0 amide bonds. The Kier molecular flexibility index (Phi) is 5.24. The molecule has 0 aromatic rings. The SMILES string of the molecule is CC(C)(C)CC1CC[C@@H](CN2CCNCC2)[C@@H](F)C1. The molecule has 0 aromatic heterocycles. The third-order valence-electron chi connectivity index (χ3n) is 4.62. The number of halogens is 1. The van der Waals surface area contributed by atoms with E-state index < -0.39 is 6.17 Å². The van der Waals surface area contributed by atoms with Crippen LogP contribution in [0.15, 0.2) is 0 Å². The van der Waals surface area contributed by atoms with Crippen molar-refractivity contribution in [3.8, 4) is 0 Å². The van der Waals surface area contributed by atoms with Gasteiger partial charge < -0.3 is 10.2 Å². The van der Waals surface area contributed by atoms with E-state index in [0.717, 1.165) is 45.6 Å². The molecule has 1 N–H and O–H groups in total. The summed E-state index contributed by atoms with van der Waals surface area (Å²) in [6, 6.07) is 0. The van der Waals surface area contributed by atoms with Gasteiger partial charge in [0.1, 0.15) is 6.17 Å². The number of rotatable bonds is 3. The number of piperazine rings is 1. The molecule has 2 rings (SSSR count). The van der Waals surface area contributed by atoms with Gasteiger partial charge in [-0.2, -0.15) is 0 Å². The first-order valence-corrected chi connectivity index (χ1v) is 8.01. The van der Waals surface area contributed by atoms with E-state index in [1.165, 1.54) is 12.8 Å². The molecule has 1 heterocycles. The zero-order valence-corrected chi connectivity index (χ0v) is 12.9. The quantitative estimate of drug-likeness (QED) is 0.848. The summed E-state index contributed by atoms with van der Waals surface area (Å²) in [6.45, 7) is 12.1. The second kappa shape index (κ2) is 6.53. The normalized spacial score (nSPS) is 34.4. The van der Waals surface area contributed by atoms with Crippen molar-refractivity contribution in [3.05, 3.63) is 0 Å². The summed E-state index contributed by atoms with van der Waals surface area (Å²) < 4.78 is 14.4. The summed E-state index contributed by atoms with van der Waals surface area (Å²) in [6.07, 6.45) is 3.72. The van der Waals surface area contributed by atoms with E-state index in [2.05, 4.69) is 31.0 Å². The molecule has 1 aliphatic carbocycles. The monoisotopic (exact) mass is 270 g/mol. The van der Waals surface area contributed by atoms with Gasteiger partial charge in [0.15, 0.2) is 0 Å². The highest BCUT2D eigenvalue weighted by molar-refractivity contribution is 4.85. The van der Waals surface area contributed by atoms with Gasteiger partial charge in [-0.15, -0.1) is 0 Å². The Labute approximate surface area is 118 Å². The molecule has 1 saturated heterocycles. The van der Waals surface area contributed by atoms with E-state index >= 15 is 0 Å². The van der Waals surface area contributed by atoms with Gasteiger partial charge in [-0.05, 0) is 37.0 Å². The van der Waals surface area contributed by atoms with Crippen molar-refractivity contribution in [1.29, 1.82) is 0 Å². The molecule has 3 atom stereocenters. The van der Waals surface area contributed by atoms with Gasteiger partial charge in [0, 0.05) is 38.6 Å². The number of nitrogens with one attached hydrogen (secondary N) is 1. The van der Waals surface area contributed by atoms with Crippen LogP contribution in [0.2, 0.25) is 0 Å². The molecule has 0 spiro atoms. The van der Waals surface area contributed by atoms with Crippen molar-refractivity contribution in [3.63, 3.8) is 0 Å². The predicted molar refractivity (Wildman–Crippen MR) is 79.1 cm³/mol. The molecule has 1 aliphatic heterocycles. The first-order valence-electron chi connectivity index (χ1n) is 8.01. The molecule has 2 nitrogen and oxygen atoms in total. The maximum Gasteiger partial charge on any atom is 0.104 e. The van der Waals surface area contributed by atoms with Crippen molar-refractivity contribution in [1.82, 2.24) is 10.2 Å². The Hall–Kier alpha value is -0.150. The smallest absolute Gasteiger partial charge is 0.104 e.